The molecule has 2 aromatic carbocycles. The minimum atomic E-state index is 0.0648. The Morgan fingerprint density at radius 3 is 1.25 bits per heavy atom. The highest BCUT2D eigenvalue weighted by atomic mass is 14.6. The molecular formula is C22H28N2. The quantitative estimate of drug-likeness (QED) is 0.539. The lowest BCUT2D eigenvalue weighted by Crippen LogP contribution is -2.12. The van der Waals surface area contributed by atoms with Crippen molar-refractivity contribution in [1.82, 2.24) is 0 Å². The highest BCUT2D eigenvalue weighted by molar-refractivity contribution is 5.63. The maximum Gasteiger partial charge on any atom is 0.0481 e. The maximum atomic E-state index is 6.10. The molecule has 2 heteroatoms. The average molecular weight is 320 g/mol. The summed E-state index contributed by atoms with van der Waals surface area (Å²) in [4.78, 5) is 0. The fourth-order valence-electron chi connectivity index (χ4n) is 2.40. The Labute approximate surface area is 146 Å². The first-order chi connectivity index (χ1) is 11.0. The van der Waals surface area contributed by atoms with Crippen LogP contribution in [0.1, 0.15) is 63.8 Å². The lowest BCUT2D eigenvalue weighted by Gasteiger charge is -2.20. The molecule has 0 aliphatic carbocycles. The molecule has 0 unspecified atom stereocenters. The Morgan fingerprint density at radius 2 is 0.958 bits per heavy atom. The average Bonchev–Trinajstić information content (AvgIpc) is 2.45. The van der Waals surface area contributed by atoms with Gasteiger partial charge in [-0.15, -0.1) is 0 Å². The van der Waals surface area contributed by atoms with Crippen LogP contribution in [0.4, 0.5) is 11.4 Å². The number of nitrogens with two attached hydrogens (primary N) is 2. The second kappa shape index (κ2) is 6.24. The molecule has 4 N–H and O–H groups in total. The van der Waals surface area contributed by atoms with Crippen LogP contribution in [-0.4, -0.2) is 0 Å². The summed E-state index contributed by atoms with van der Waals surface area (Å²) in [7, 11) is 0. The first kappa shape index (κ1) is 17.9. The summed E-state index contributed by atoms with van der Waals surface area (Å²) in [5, 5.41) is 0. The van der Waals surface area contributed by atoms with Gasteiger partial charge in [0.25, 0.3) is 0 Å². The molecule has 24 heavy (non-hydrogen) atoms. The van der Waals surface area contributed by atoms with Gasteiger partial charge in [-0.25, -0.2) is 0 Å². The number of rotatable bonds is 0. The van der Waals surface area contributed by atoms with Crippen molar-refractivity contribution in [2.24, 2.45) is 0 Å². The molecule has 0 heterocycles. The molecule has 0 fully saturated rings. The van der Waals surface area contributed by atoms with E-state index in [0.29, 0.717) is 11.4 Å². The Morgan fingerprint density at radius 1 is 0.625 bits per heavy atom. The summed E-state index contributed by atoms with van der Waals surface area (Å²) in [5.41, 5.74) is 17.9. The zero-order valence-electron chi connectivity index (χ0n) is 15.6. The topological polar surface area (TPSA) is 52.0 Å². The standard InChI is InChI=1S/C22H28N2/c1-21(2,3)17-9-11-19(23)15(13-17)7-8-16-14-18(22(4,5)6)10-12-20(16)24/h9-14H,23-24H2,1-6H3. The highest BCUT2D eigenvalue weighted by Gasteiger charge is 2.15. The molecule has 2 nitrogen and oxygen atoms in total. The van der Waals surface area contributed by atoms with Crippen molar-refractivity contribution in [3.05, 3.63) is 58.7 Å². The predicted molar refractivity (Wildman–Crippen MR) is 105 cm³/mol. The minimum Gasteiger partial charge on any atom is -0.398 e. The molecule has 2 rings (SSSR count). The Hall–Kier alpha value is -2.40. The van der Waals surface area contributed by atoms with Crippen molar-refractivity contribution in [3.63, 3.8) is 0 Å². The van der Waals surface area contributed by atoms with Crippen LogP contribution in [0, 0.1) is 11.8 Å². The largest absolute Gasteiger partial charge is 0.398 e. The van der Waals surface area contributed by atoms with Gasteiger partial charge in [-0.3, -0.25) is 0 Å². The van der Waals surface area contributed by atoms with Crippen LogP contribution in [0.5, 0.6) is 0 Å². The molecule has 0 aromatic heterocycles. The molecular weight excluding hydrogens is 292 g/mol. The van der Waals surface area contributed by atoms with Crippen LogP contribution in [0.2, 0.25) is 0 Å². The zero-order valence-corrected chi connectivity index (χ0v) is 15.6. The number of nitrogen functional groups attached to an aromatic ring is 2. The maximum absolute atomic E-state index is 6.10. The van der Waals surface area contributed by atoms with E-state index in [0.717, 1.165) is 11.1 Å². The molecule has 0 radical (unpaired) electrons. The van der Waals surface area contributed by atoms with E-state index in [1.165, 1.54) is 11.1 Å². The molecule has 0 bridgehead atoms. The molecule has 0 amide bonds. The lowest BCUT2D eigenvalue weighted by molar-refractivity contribution is 0.590. The smallest absolute Gasteiger partial charge is 0.0481 e. The number of hydrogen-bond acceptors (Lipinski definition) is 2. The van der Waals surface area contributed by atoms with Gasteiger partial charge in [0.05, 0.1) is 0 Å². The van der Waals surface area contributed by atoms with Crippen molar-refractivity contribution >= 4 is 11.4 Å². The predicted octanol–water partition coefficient (Wildman–Crippen LogP) is 4.85. The summed E-state index contributed by atoms with van der Waals surface area (Å²) in [6, 6.07) is 12.1. The fourth-order valence-corrected chi connectivity index (χ4v) is 2.40. The second-order valence-corrected chi connectivity index (χ2v) is 8.35. The van der Waals surface area contributed by atoms with Gasteiger partial charge >= 0.3 is 0 Å². The molecule has 2 aromatic rings. The molecule has 0 atom stereocenters. The van der Waals surface area contributed by atoms with Gasteiger partial charge in [0.1, 0.15) is 0 Å². The summed E-state index contributed by atoms with van der Waals surface area (Å²) in [6.07, 6.45) is 0. The molecule has 0 saturated carbocycles. The second-order valence-electron chi connectivity index (χ2n) is 8.35. The Kier molecular flexibility index (Phi) is 4.67. The summed E-state index contributed by atoms with van der Waals surface area (Å²) < 4.78 is 0. The van der Waals surface area contributed by atoms with E-state index in [2.05, 4.69) is 77.6 Å². The normalized spacial score (nSPS) is 11.8. The van der Waals surface area contributed by atoms with Gasteiger partial charge in [0, 0.05) is 22.5 Å². The summed E-state index contributed by atoms with van der Waals surface area (Å²) in [6.45, 7) is 13.1. The van der Waals surface area contributed by atoms with Crippen LogP contribution in [0.25, 0.3) is 0 Å². The van der Waals surface area contributed by atoms with Crippen LogP contribution < -0.4 is 11.5 Å². The minimum absolute atomic E-state index is 0.0648. The van der Waals surface area contributed by atoms with Gasteiger partial charge in [-0.05, 0) is 46.2 Å². The van der Waals surface area contributed by atoms with E-state index in [-0.39, 0.29) is 10.8 Å². The third-order valence-corrected chi connectivity index (χ3v) is 4.17. The van der Waals surface area contributed by atoms with E-state index < -0.39 is 0 Å². The number of benzene rings is 2. The molecule has 126 valence electrons. The zero-order chi connectivity index (χ0) is 18.1. The van der Waals surface area contributed by atoms with Crippen molar-refractivity contribution in [1.29, 1.82) is 0 Å². The van der Waals surface area contributed by atoms with E-state index in [1.54, 1.807) is 0 Å². The van der Waals surface area contributed by atoms with Gasteiger partial charge in [0.2, 0.25) is 0 Å². The summed E-state index contributed by atoms with van der Waals surface area (Å²) >= 11 is 0. The molecule has 0 saturated heterocycles. The third kappa shape index (κ3) is 4.11. The molecule has 0 aliphatic rings. The van der Waals surface area contributed by atoms with E-state index >= 15 is 0 Å². The van der Waals surface area contributed by atoms with Crippen molar-refractivity contribution in [3.8, 4) is 11.8 Å². The molecule has 0 spiro atoms. The van der Waals surface area contributed by atoms with Gasteiger partial charge in [0.15, 0.2) is 0 Å². The van der Waals surface area contributed by atoms with Crippen molar-refractivity contribution in [2.75, 3.05) is 11.5 Å². The first-order valence-electron chi connectivity index (χ1n) is 8.30. The van der Waals surface area contributed by atoms with Gasteiger partial charge in [-0.1, -0.05) is 65.5 Å². The van der Waals surface area contributed by atoms with E-state index in [9.17, 15) is 0 Å². The van der Waals surface area contributed by atoms with Crippen molar-refractivity contribution < 1.29 is 0 Å². The molecule has 0 aliphatic heterocycles. The number of hydrogen-bond donors (Lipinski definition) is 2. The van der Waals surface area contributed by atoms with E-state index in [4.69, 9.17) is 11.5 Å². The highest BCUT2D eigenvalue weighted by Crippen LogP contribution is 2.27. The number of anilines is 2. The van der Waals surface area contributed by atoms with Crippen LogP contribution in [0.15, 0.2) is 36.4 Å². The van der Waals surface area contributed by atoms with Crippen LogP contribution in [-0.2, 0) is 10.8 Å². The Balaban J connectivity index is 2.47. The van der Waals surface area contributed by atoms with Gasteiger partial charge < -0.3 is 11.5 Å². The van der Waals surface area contributed by atoms with Gasteiger partial charge in [-0.2, -0.15) is 0 Å². The third-order valence-electron chi connectivity index (χ3n) is 4.17. The summed E-state index contributed by atoms with van der Waals surface area (Å²) in [5.74, 6) is 6.41. The monoisotopic (exact) mass is 320 g/mol. The fraction of sp³-hybridized carbons (Fsp3) is 0.364. The van der Waals surface area contributed by atoms with Crippen LogP contribution >= 0.6 is 0 Å². The van der Waals surface area contributed by atoms with E-state index in [1.807, 2.05) is 12.1 Å². The van der Waals surface area contributed by atoms with Crippen LogP contribution in [0.3, 0.4) is 0 Å². The Bertz CT molecular complexity index is 739. The lowest BCUT2D eigenvalue weighted by atomic mass is 9.85. The first-order valence-corrected chi connectivity index (χ1v) is 8.30. The van der Waals surface area contributed by atoms with Crippen molar-refractivity contribution in [2.45, 2.75) is 52.4 Å². The SMILES string of the molecule is CC(C)(C)c1ccc(N)c(C#Cc2cc(C(C)(C)C)ccc2N)c1.